The van der Waals surface area contributed by atoms with Crippen LogP contribution in [-0.2, 0) is 28.8 Å². The van der Waals surface area contributed by atoms with E-state index in [9.17, 15) is 14.4 Å². The first-order valence-corrected chi connectivity index (χ1v) is 16.8. The lowest BCUT2D eigenvalue weighted by atomic mass is 10.1. The van der Waals surface area contributed by atoms with Crippen molar-refractivity contribution in [1.29, 1.82) is 0 Å². The van der Waals surface area contributed by atoms with Crippen molar-refractivity contribution in [2.75, 3.05) is 13.2 Å². The normalized spacial score (nSPS) is 14.9. The number of pyridine rings is 1. The Morgan fingerprint density at radius 3 is 2.02 bits per heavy atom. The summed E-state index contributed by atoms with van der Waals surface area (Å²) < 4.78 is 11.1. The summed E-state index contributed by atoms with van der Waals surface area (Å²) in [5.74, 6) is 0.222. The van der Waals surface area contributed by atoms with Gasteiger partial charge in [0.05, 0.1) is 18.5 Å². The molecule has 3 rings (SSSR count). The zero-order chi connectivity index (χ0) is 30.0. The number of hydrogen-bond donors (Lipinski definition) is 0. The van der Waals surface area contributed by atoms with Crippen LogP contribution in [0.5, 0.6) is 5.75 Å². The van der Waals surface area contributed by atoms with Gasteiger partial charge in [-0.15, -0.1) is 0 Å². The average Bonchev–Trinajstić information content (AvgIpc) is 3.28. The number of benzene rings is 1. The van der Waals surface area contributed by atoms with Gasteiger partial charge in [-0.25, -0.2) is 4.79 Å². The number of amides is 3. The standard InChI is InChI=1S/C34H48N2O5S/c1-3-5-6-7-8-9-10-11-12-13-14-15-23-41-33(38)36-32(37)31(42-34(36)39)25-28-17-20-30(21-18-28)40-24-22-29-19-16-27(4-2)26-35-29/h16-21,26,31H,3-15,22-25H2,1-2H3. The van der Waals surface area contributed by atoms with E-state index in [0.29, 0.717) is 24.3 Å². The molecular weight excluding hydrogens is 548 g/mol. The summed E-state index contributed by atoms with van der Waals surface area (Å²) in [5.41, 5.74) is 3.10. The van der Waals surface area contributed by atoms with Crippen molar-refractivity contribution in [3.05, 3.63) is 59.4 Å². The average molecular weight is 597 g/mol. The lowest BCUT2D eigenvalue weighted by Crippen LogP contribution is -2.38. The third-order valence-electron chi connectivity index (χ3n) is 7.59. The SMILES string of the molecule is CCCCCCCCCCCCCCOC(=O)N1C(=O)SC(Cc2ccc(OCCc3ccc(CC)cn3)cc2)C1=O. The molecule has 0 N–H and O–H groups in total. The van der Waals surface area contributed by atoms with Crippen molar-refractivity contribution in [1.82, 2.24) is 9.88 Å². The van der Waals surface area contributed by atoms with Crippen LogP contribution in [0.25, 0.3) is 0 Å². The summed E-state index contributed by atoms with van der Waals surface area (Å²) in [4.78, 5) is 42.8. The minimum atomic E-state index is -0.856. The van der Waals surface area contributed by atoms with Crippen molar-refractivity contribution < 1.29 is 23.9 Å². The number of hydrogen-bond acceptors (Lipinski definition) is 7. The molecule has 2 aromatic rings. The molecule has 1 fully saturated rings. The highest BCUT2D eigenvalue weighted by Gasteiger charge is 2.44. The number of thioether (sulfide) groups is 1. The van der Waals surface area contributed by atoms with E-state index in [1.54, 1.807) is 0 Å². The second-order valence-corrected chi connectivity index (χ2v) is 12.2. The first-order chi connectivity index (χ1) is 20.5. The fraction of sp³-hybridized carbons (Fsp3) is 0.588. The van der Waals surface area contributed by atoms with E-state index in [2.05, 4.69) is 24.9 Å². The third kappa shape index (κ3) is 11.8. The van der Waals surface area contributed by atoms with Gasteiger partial charge in [0.2, 0.25) is 0 Å². The van der Waals surface area contributed by atoms with E-state index in [0.717, 1.165) is 54.5 Å². The molecule has 1 saturated heterocycles. The van der Waals surface area contributed by atoms with Crippen molar-refractivity contribution in [2.45, 2.75) is 115 Å². The van der Waals surface area contributed by atoms with Crippen LogP contribution in [0.15, 0.2) is 42.6 Å². The van der Waals surface area contributed by atoms with Crippen LogP contribution in [0.4, 0.5) is 9.59 Å². The summed E-state index contributed by atoms with van der Waals surface area (Å²) in [6.45, 7) is 5.09. The summed E-state index contributed by atoms with van der Waals surface area (Å²) >= 11 is 0.884. The highest BCUT2D eigenvalue weighted by Crippen LogP contribution is 2.30. The summed E-state index contributed by atoms with van der Waals surface area (Å²) in [6.07, 6.45) is 17.7. The monoisotopic (exact) mass is 596 g/mol. The summed E-state index contributed by atoms with van der Waals surface area (Å²) in [7, 11) is 0. The minimum Gasteiger partial charge on any atom is -0.493 e. The zero-order valence-corrected chi connectivity index (χ0v) is 26.3. The van der Waals surface area contributed by atoms with Gasteiger partial charge in [0.15, 0.2) is 0 Å². The van der Waals surface area contributed by atoms with Gasteiger partial charge >= 0.3 is 6.09 Å². The molecule has 1 atom stereocenters. The molecule has 0 radical (unpaired) electrons. The van der Waals surface area contributed by atoms with Crippen molar-refractivity contribution in [2.24, 2.45) is 0 Å². The van der Waals surface area contributed by atoms with Crippen molar-refractivity contribution >= 4 is 29.0 Å². The van der Waals surface area contributed by atoms with Crippen LogP contribution in [-0.4, -0.2) is 45.6 Å². The predicted octanol–water partition coefficient (Wildman–Crippen LogP) is 8.71. The van der Waals surface area contributed by atoms with E-state index in [4.69, 9.17) is 9.47 Å². The molecule has 0 bridgehead atoms. The molecule has 1 aromatic heterocycles. The maximum atomic E-state index is 12.8. The highest BCUT2D eigenvalue weighted by atomic mass is 32.2. The van der Waals surface area contributed by atoms with Gasteiger partial charge in [0, 0.05) is 18.3 Å². The molecule has 230 valence electrons. The van der Waals surface area contributed by atoms with Crippen molar-refractivity contribution in [3.8, 4) is 5.75 Å². The number of nitrogens with zero attached hydrogens (tertiary/aromatic N) is 2. The zero-order valence-electron chi connectivity index (χ0n) is 25.5. The number of carbonyl (C=O) groups is 3. The maximum Gasteiger partial charge on any atom is 0.424 e. The first-order valence-electron chi connectivity index (χ1n) is 15.9. The number of ether oxygens (including phenoxy) is 2. The van der Waals surface area contributed by atoms with Gasteiger partial charge < -0.3 is 9.47 Å². The Hall–Kier alpha value is -2.87. The molecule has 1 aliphatic rings. The number of aryl methyl sites for hydroxylation is 1. The van der Waals surface area contributed by atoms with Gasteiger partial charge in [-0.1, -0.05) is 103 Å². The molecule has 1 aromatic carbocycles. The Balaban J connectivity index is 1.28. The summed E-state index contributed by atoms with van der Waals surface area (Å²) in [6, 6.07) is 11.6. The predicted molar refractivity (Wildman–Crippen MR) is 169 cm³/mol. The van der Waals surface area contributed by atoms with Crippen LogP contribution < -0.4 is 4.74 Å². The Morgan fingerprint density at radius 2 is 1.43 bits per heavy atom. The third-order valence-corrected chi connectivity index (χ3v) is 8.63. The minimum absolute atomic E-state index is 0.226. The molecule has 1 aliphatic heterocycles. The molecule has 7 nitrogen and oxygen atoms in total. The second kappa shape index (κ2) is 19.3. The van der Waals surface area contributed by atoms with Gasteiger partial charge in [-0.3, -0.25) is 14.6 Å². The molecule has 0 spiro atoms. The molecule has 3 amide bonds. The summed E-state index contributed by atoms with van der Waals surface area (Å²) in [5, 5.41) is -1.20. The number of carbonyl (C=O) groups excluding carboxylic acids is 3. The van der Waals surface area contributed by atoms with E-state index < -0.39 is 22.5 Å². The van der Waals surface area contributed by atoms with Crippen LogP contribution in [0.2, 0.25) is 0 Å². The molecule has 42 heavy (non-hydrogen) atoms. The second-order valence-electron chi connectivity index (χ2n) is 11.0. The van der Waals surface area contributed by atoms with E-state index in [1.807, 2.05) is 36.5 Å². The highest BCUT2D eigenvalue weighted by molar-refractivity contribution is 8.15. The number of rotatable bonds is 20. The Labute approximate surface area is 256 Å². The first kappa shape index (κ1) is 33.6. The van der Waals surface area contributed by atoms with E-state index in [-0.39, 0.29) is 6.61 Å². The van der Waals surface area contributed by atoms with Gasteiger partial charge in [0.1, 0.15) is 5.75 Å². The van der Waals surface area contributed by atoms with E-state index >= 15 is 0 Å². The topological polar surface area (TPSA) is 85.8 Å². The van der Waals surface area contributed by atoms with Crippen LogP contribution in [0.1, 0.15) is 108 Å². The quantitative estimate of drug-likeness (QED) is 0.141. The molecule has 2 heterocycles. The van der Waals surface area contributed by atoms with E-state index in [1.165, 1.54) is 63.4 Å². The van der Waals surface area contributed by atoms with Gasteiger partial charge in [0.25, 0.3) is 11.1 Å². The smallest absolute Gasteiger partial charge is 0.424 e. The van der Waals surface area contributed by atoms with Crippen molar-refractivity contribution in [3.63, 3.8) is 0 Å². The molecule has 0 aliphatic carbocycles. The Kier molecular flexibility index (Phi) is 15.5. The fourth-order valence-corrected chi connectivity index (χ4v) is 5.94. The number of aromatic nitrogens is 1. The van der Waals surface area contributed by atoms with Gasteiger partial charge in [-0.05, 0) is 60.4 Å². The largest absolute Gasteiger partial charge is 0.493 e. The molecule has 8 heteroatoms. The maximum absolute atomic E-state index is 12.8. The Bertz CT molecular complexity index is 1090. The number of unbranched alkanes of at least 4 members (excludes halogenated alkanes) is 11. The van der Waals surface area contributed by atoms with Crippen LogP contribution in [0, 0.1) is 0 Å². The lowest BCUT2D eigenvalue weighted by Gasteiger charge is -2.13. The molecule has 0 saturated carbocycles. The number of imide groups is 3. The Morgan fingerprint density at radius 1 is 0.810 bits per heavy atom. The molecular formula is C34H48N2O5S. The lowest BCUT2D eigenvalue weighted by molar-refractivity contribution is -0.125. The molecule has 1 unspecified atom stereocenters. The van der Waals surface area contributed by atoms with Gasteiger partial charge in [-0.2, -0.15) is 4.90 Å². The van der Waals surface area contributed by atoms with Crippen LogP contribution in [0.3, 0.4) is 0 Å². The van der Waals surface area contributed by atoms with Crippen LogP contribution >= 0.6 is 11.8 Å². The fourth-order valence-electron chi connectivity index (χ4n) is 4.94.